The molecule has 0 aliphatic carbocycles. The van der Waals surface area contributed by atoms with Crippen LogP contribution < -0.4 is 5.32 Å². The molecule has 0 bridgehead atoms. The molecule has 0 unspecified atom stereocenters. The van der Waals surface area contributed by atoms with Gasteiger partial charge < -0.3 is 5.32 Å². The fourth-order valence-corrected chi connectivity index (χ4v) is 4.74. The highest BCUT2D eigenvalue weighted by molar-refractivity contribution is 7.87. The lowest BCUT2D eigenvalue weighted by Gasteiger charge is -2.19. The summed E-state index contributed by atoms with van der Waals surface area (Å²) in [4.78, 5) is 12.2. The summed E-state index contributed by atoms with van der Waals surface area (Å²) >= 11 is 12.2. The summed E-state index contributed by atoms with van der Waals surface area (Å²) in [5.74, 6) is -0.377. The van der Waals surface area contributed by atoms with Gasteiger partial charge in [0.05, 0.1) is 6.54 Å². The number of carbonyl (C=O) groups excluding carboxylic acids is 1. The van der Waals surface area contributed by atoms with Gasteiger partial charge in [0.15, 0.2) is 0 Å². The number of hydrogen-bond donors (Lipinski definition) is 1. The molecule has 1 aliphatic heterocycles. The molecule has 0 aromatic heterocycles. The van der Waals surface area contributed by atoms with Crippen molar-refractivity contribution in [1.29, 1.82) is 0 Å². The Morgan fingerprint density at radius 1 is 0.926 bits per heavy atom. The van der Waals surface area contributed by atoms with Crippen LogP contribution in [0.5, 0.6) is 0 Å². The smallest absolute Gasteiger partial charge is 0.282 e. The van der Waals surface area contributed by atoms with Crippen molar-refractivity contribution in [3.63, 3.8) is 0 Å². The quantitative estimate of drug-likeness (QED) is 0.769. The average molecular weight is 428 g/mol. The molecule has 0 spiro atoms. The second-order valence-electron chi connectivity index (χ2n) is 6.13. The van der Waals surface area contributed by atoms with Gasteiger partial charge in [-0.25, -0.2) is 0 Å². The van der Waals surface area contributed by atoms with Crippen molar-refractivity contribution in [2.45, 2.75) is 13.1 Å². The molecule has 1 fully saturated rings. The van der Waals surface area contributed by atoms with E-state index in [-0.39, 0.29) is 32.1 Å². The Morgan fingerprint density at radius 2 is 1.48 bits per heavy atom. The number of carbonyl (C=O) groups is 1. The van der Waals surface area contributed by atoms with Crippen LogP contribution >= 0.6 is 23.2 Å². The molecule has 1 heterocycles. The third kappa shape index (κ3) is 4.80. The van der Waals surface area contributed by atoms with Gasteiger partial charge in [-0.1, -0.05) is 59.6 Å². The number of amides is 1. The Morgan fingerprint density at radius 3 is 2.11 bits per heavy atom. The number of nitrogens with one attached hydrogen (secondary N) is 1. The monoisotopic (exact) mass is 427 g/mol. The van der Waals surface area contributed by atoms with E-state index in [1.54, 1.807) is 36.4 Å². The number of rotatable bonds is 6. The van der Waals surface area contributed by atoms with E-state index in [1.807, 2.05) is 12.1 Å². The largest absolute Gasteiger partial charge is 0.351 e. The predicted octanol–water partition coefficient (Wildman–Crippen LogP) is 2.67. The molecule has 0 saturated carbocycles. The van der Waals surface area contributed by atoms with Crippen LogP contribution in [0.4, 0.5) is 0 Å². The SMILES string of the molecule is O=C(CN1CCN(Cc2ccccc2Cl)S1(=O)=O)NCc1ccccc1Cl. The van der Waals surface area contributed by atoms with Crippen molar-refractivity contribution < 1.29 is 13.2 Å². The summed E-state index contributed by atoms with van der Waals surface area (Å²) in [7, 11) is -3.71. The maximum atomic E-state index is 12.7. The average Bonchev–Trinajstić information content (AvgIpc) is 2.90. The van der Waals surface area contributed by atoms with Crippen LogP contribution in [0.3, 0.4) is 0 Å². The summed E-state index contributed by atoms with van der Waals surface area (Å²) < 4.78 is 27.9. The van der Waals surface area contributed by atoms with Gasteiger partial charge >= 0.3 is 0 Å². The van der Waals surface area contributed by atoms with Crippen LogP contribution in [0.2, 0.25) is 10.0 Å². The van der Waals surface area contributed by atoms with Crippen molar-refractivity contribution in [1.82, 2.24) is 13.9 Å². The van der Waals surface area contributed by atoms with Crippen LogP contribution in [-0.2, 0) is 28.1 Å². The zero-order valence-corrected chi connectivity index (χ0v) is 16.8. The van der Waals surface area contributed by atoms with Gasteiger partial charge in [0.25, 0.3) is 10.2 Å². The maximum Gasteiger partial charge on any atom is 0.282 e. The van der Waals surface area contributed by atoms with Gasteiger partial charge in [-0.15, -0.1) is 0 Å². The minimum absolute atomic E-state index is 0.180. The van der Waals surface area contributed by atoms with Gasteiger partial charge in [0, 0.05) is 36.2 Å². The normalized spacial score (nSPS) is 17.1. The molecule has 27 heavy (non-hydrogen) atoms. The summed E-state index contributed by atoms with van der Waals surface area (Å²) in [6.45, 7) is 0.763. The zero-order chi connectivity index (χ0) is 19.4. The van der Waals surface area contributed by atoms with Crippen LogP contribution in [-0.4, -0.2) is 42.6 Å². The molecule has 1 amide bonds. The Balaban J connectivity index is 1.59. The molecular weight excluding hydrogens is 409 g/mol. The van der Waals surface area contributed by atoms with E-state index >= 15 is 0 Å². The molecule has 1 saturated heterocycles. The number of halogens is 2. The standard InChI is InChI=1S/C18H19Cl2N3O3S/c19-16-7-3-1-5-14(16)11-21-18(24)13-23-10-9-22(27(23,25)26)12-15-6-2-4-8-17(15)20/h1-8H,9-13H2,(H,21,24). The molecular formula is C18H19Cl2N3O3S. The Hall–Kier alpha value is -1.64. The fourth-order valence-electron chi connectivity index (χ4n) is 2.81. The Kier molecular flexibility index (Phi) is 6.39. The topological polar surface area (TPSA) is 69.7 Å². The second-order valence-corrected chi connectivity index (χ2v) is 8.88. The summed E-state index contributed by atoms with van der Waals surface area (Å²) in [6.07, 6.45) is 0. The van der Waals surface area contributed by atoms with Crippen molar-refractivity contribution >= 4 is 39.3 Å². The second kappa shape index (κ2) is 8.58. The Labute approximate surface area is 168 Å². The minimum Gasteiger partial charge on any atom is -0.351 e. The number of benzene rings is 2. The van der Waals surface area contributed by atoms with Crippen LogP contribution in [0, 0.1) is 0 Å². The van der Waals surface area contributed by atoms with Crippen molar-refractivity contribution in [3.05, 3.63) is 69.7 Å². The summed E-state index contributed by atoms with van der Waals surface area (Å²) in [5.41, 5.74) is 1.50. The highest BCUT2D eigenvalue weighted by Crippen LogP contribution is 2.23. The summed E-state index contributed by atoms with van der Waals surface area (Å²) in [5, 5.41) is 3.78. The molecule has 2 aromatic rings. The molecule has 3 rings (SSSR count). The molecule has 1 aliphatic rings. The first kappa shape index (κ1) is 20.1. The minimum atomic E-state index is -3.71. The van der Waals surface area contributed by atoms with E-state index < -0.39 is 10.2 Å². The lowest BCUT2D eigenvalue weighted by Crippen LogP contribution is -2.40. The van der Waals surface area contributed by atoms with E-state index in [9.17, 15) is 13.2 Å². The van der Waals surface area contributed by atoms with Gasteiger partial charge in [0.2, 0.25) is 5.91 Å². The van der Waals surface area contributed by atoms with Gasteiger partial charge in [0.1, 0.15) is 0 Å². The third-order valence-electron chi connectivity index (χ3n) is 4.31. The number of nitrogens with zero attached hydrogens (tertiary/aromatic N) is 2. The predicted molar refractivity (Wildman–Crippen MR) is 106 cm³/mol. The van der Waals surface area contributed by atoms with E-state index in [0.717, 1.165) is 11.1 Å². The van der Waals surface area contributed by atoms with Crippen LogP contribution in [0.15, 0.2) is 48.5 Å². The van der Waals surface area contributed by atoms with Gasteiger partial charge in [-0.2, -0.15) is 17.0 Å². The summed E-state index contributed by atoms with van der Waals surface area (Å²) in [6, 6.07) is 14.3. The molecule has 1 N–H and O–H groups in total. The van der Waals surface area contributed by atoms with Crippen molar-refractivity contribution in [2.75, 3.05) is 19.6 Å². The lowest BCUT2D eigenvalue weighted by molar-refractivity contribution is -0.121. The van der Waals surface area contributed by atoms with E-state index in [0.29, 0.717) is 16.6 Å². The number of hydrogen-bond acceptors (Lipinski definition) is 3. The van der Waals surface area contributed by atoms with Crippen molar-refractivity contribution in [2.24, 2.45) is 0 Å². The first-order valence-corrected chi connectivity index (χ1v) is 10.5. The first-order chi connectivity index (χ1) is 12.9. The van der Waals surface area contributed by atoms with Gasteiger partial charge in [-0.3, -0.25) is 4.79 Å². The lowest BCUT2D eigenvalue weighted by atomic mass is 10.2. The zero-order valence-electron chi connectivity index (χ0n) is 14.4. The van der Waals surface area contributed by atoms with E-state index in [2.05, 4.69) is 5.32 Å². The molecule has 2 aromatic carbocycles. The molecule has 144 valence electrons. The third-order valence-corrected chi connectivity index (χ3v) is 6.98. The highest BCUT2D eigenvalue weighted by atomic mass is 35.5. The molecule has 0 atom stereocenters. The first-order valence-electron chi connectivity index (χ1n) is 8.36. The van der Waals surface area contributed by atoms with Crippen LogP contribution in [0.1, 0.15) is 11.1 Å². The van der Waals surface area contributed by atoms with E-state index in [4.69, 9.17) is 23.2 Å². The highest BCUT2D eigenvalue weighted by Gasteiger charge is 2.37. The van der Waals surface area contributed by atoms with Crippen molar-refractivity contribution in [3.8, 4) is 0 Å². The van der Waals surface area contributed by atoms with Gasteiger partial charge in [-0.05, 0) is 23.3 Å². The fraction of sp³-hybridized carbons (Fsp3) is 0.278. The molecule has 9 heteroatoms. The van der Waals surface area contributed by atoms with E-state index in [1.165, 1.54) is 8.61 Å². The van der Waals surface area contributed by atoms with Crippen LogP contribution in [0.25, 0.3) is 0 Å². The Bertz CT molecular complexity index is 937. The molecule has 6 nitrogen and oxygen atoms in total. The molecule has 0 radical (unpaired) electrons. The maximum absolute atomic E-state index is 12.7.